The number of ether oxygens (including phenoxy) is 1. The summed E-state index contributed by atoms with van der Waals surface area (Å²) in [5.41, 5.74) is 2.90. The summed E-state index contributed by atoms with van der Waals surface area (Å²) in [7, 11) is 0. The first kappa shape index (κ1) is 17.9. The minimum Gasteiger partial charge on any atom is -0.444 e. The molecule has 0 bridgehead atoms. The summed E-state index contributed by atoms with van der Waals surface area (Å²) in [6, 6.07) is 11.1. The standard InChI is InChI=1S/C19H19ClN4O2/c1-19(2,3)26-18(25)23-16-10-13(8-9-21-16)15-11-22-24-17(15)12-4-6-14(20)7-5-12/h4-11H,1-3H3,(H,22,24)(H,21,23,25). The van der Waals surface area contributed by atoms with Gasteiger partial charge in [0.25, 0.3) is 0 Å². The third-order valence-electron chi connectivity index (χ3n) is 3.46. The monoisotopic (exact) mass is 370 g/mol. The van der Waals surface area contributed by atoms with Gasteiger partial charge in [0.1, 0.15) is 11.4 Å². The van der Waals surface area contributed by atoms with Crippen molar-refractivity contribution < 1.29 is 9.53 Å². The number of hydrogen-bond acceptors (Lipinski definition) is 4. The lowest BCUT2D eigenvalue weighted by Crippen LogP contribution is -2.27. The average Bonchev–Trinajstić information content (AvgIpc) is 3.03. The Hall–Kier alpha value is -2.86. The zero-order valence-corrected chi connectivity index (χ0v) is 15.5. The Morgan fingerprint density at radius 2 is 1.88 bits per heavy atom. The van der Waals surface area contributed by atoms with Gasteiger partial charge < -0.3 is 4.74 Å². The van der Waals surface area contributed by atoms with Crippen molar-refractivity contribution >= 4 is 23.5 Å². The molecule has 6 nitrogen and oxygen atoms in total. The minimum absolute atomic E-state index is 0.403. The summed E-state index contributed by atoms with van der Waals surface area (Å²) in [6.07, 6.45) is 2.88. The normalized spacial score (nSPS) is 11.2. The molecule has 0 saturated heterocycles. The molecule has 2 heterocycles. The molecule has 1 aromatic carbocycles. The lowest BCUT2D eigenvalue weighted by atomic mass is 10.0. The Morgan fingerprint density at radius 1 is 1.15 bits per heavy atom. The number of halogens is 1. The van der Waals surface area contributed by atoms with Crippen LogP contribution in [0.1, 0.15) is 20.8 Å². The number of hydrogen-bond donors (Lipinski definition) is 2. The van der Waals surface area contributed by atoms with Crippen LogP contribution in [0.5, 0.6) is 0 Å². The van der Waals surface area contributed by atoms with Crippen LogP contribution in [0.3, 0.4) is 0 Å². The van der Waals surface area contributed by atoms with E-state index in [2.05, 4.69) is 20.5 Å². The molecule has 26 heavy (non-hydrogen) atoms. The molecular formula is C19H19ClN4O2. The molecule has 3 aromatic rings. The number of rotatable bonds is 3. The van der Waals surface area contributed by atoms with Gasteiger partial charge in [-0.25, -0.2) is 9.78 Å². The van der Waals surface area contributed by atoms with Crippen molar-refractivity contribution in [2.45, 2.75) is 26.4 Å². The van der Waals surface area contributed by atoms with E-state index in [-0.39, 0.29) is 0 Å². The topological polar surface area (TPSA) is 79.9 Å². The first-order chi connectivity index (χ1) is 12.3. The summed E-state index contributed by atoms with van der Waals surface area (Å²) < 4.78 is 5.26. The van der Waals surface area contributed by atoms with E-state index in [0.717, 1.165) is 22.4 Å². The Balaban J connectivity index is 1.86. The van der Waals surface area contributed by atoms with Crippen LogP contribution in [0.2, 0.25) is 5.02 Å². The number of pyridine rings is 1. The van der Waals surface area contributed by atoms with Gasteiger partial charge in [0.15, 0.2) is 0 Å². The van der Waals surface area contributed by atoms with Crippen molar-refractivity contribution in [1.29, 1.82) is 0 Å². The van der Waals surface area contributed by atoms with Crippen LogP contribution in [0.4, 0.5) is 10.6 Å². The fourth-order valence-electron chi connectivity index (χ4n) is 2.41. The van der Waals surface area contributed by atoms with Crippen molar-refractivity contribution in [3.8, 4) is 22.4 Å². The number of nitrogens with zero attached hydrogens (tertiary/aromatic N) is 2. The van der Waals surface area contributed by atoms with Crippen LogP contribution in [-0.4, -0.2) is 26.9 Å². The third-order valence-corrected chi connectivity index (χ3v) is 3.71. The van der Waals surface area contributed by atoms with Gasteiger partial charge in [0.2, 0.25) is 0 Å². The molecule has 0 aliphatic carbocycles. The van der Waals surface area contributed by atoms with E-state index in [4.69, 9.17) is 16.3 Å². The zero-order chi connectivity index (χ0) is 18.7. The number of aromatic nitrogens is 3. The van der Waals surface area contributed by atoms with Crippen LogP contribution >= 0.6 is 11.6 Å². The summed E-state index contributed by atoms with van der Waals surface area (Å²) in [6.45, 7) is 5.42. The molecule has 3 rings (SSSR count). The van der Waals surface area contributed by atoms with E-state index in [1.165, 1.54) is 0 Å². The number of nitrogens with one attached hydrogen (secondary N) is 2. The first-order valence-corrected chi connectivity index (χ1v) is 8.46. The smallest absolute Gasteiger partial charge is 0.413 e. The molecule has 7 heteroatoms. The molecule has 0 fully saturated rings. The predicted octanol–water partition coefficient (Wildman–Crippen LogP) is 5.14. The number of aromatic amines is 1. The molecule has 2 aromatic heterocycles. The van der Waals surface area contributed by atoms with Gasteiger partial charge in [0.05, 0.1) is 5.69 Å². The number of anilines is 1. The molecule has 0 spiro atoms. The Kier molecular flexibility index (Phi) is 4.95. The van der Waals surface area contributed by atoms with Crippen LogP contribution in [-0.2, 0) is 4.74 Å². The van der Waals surface area contributed by atoms with Crippen LogP contribution in [0.15, 0.2) is 48.8 Å². The van der Waals surface area contributed by atoms with Crippen molar-refractivity contribution in [3.05, 3.63) is 53.8 Å². The van der Waals surface area contributed by atoms with E-state index in [1.54, 1.807) is 39.2 Å². The van der Waals surface area contributed by atoms with Gasteiger partial charge in [-0.2, -0.15) is 5.10 Å². The Labute approximate surface area is 156 Å². The Bertz CT molecular complexity index is 914. The first-order valence-electron chi connectivity index (χ1n) is 8.08. The van der Waals surface area contributed by atoms with Gasteiger partial charge in [-0.1, -0.05) is 23.7 Å². The van der Waals surface area contributed by atoms with Crippen molar-refractivity contribution in [1.82, 2.24) is 15.2 Å². The maximum absolute atomic E-state index is 11.9. The minimum atomic E-state index is -0.575. The number of carbonyl (C=O) groups is 1. The third kappa shape index (κ3) is 4.40. The van der Waals surface area contributed by atoms with Gasteiger partial charge in [-0.15, -0.1) is 0 Å². The predicted molar refractivity (Wildman–Crippen MR) is 102 cm³/mol. The fourth-order valence-corrected chi connectivity index (χ4v) is 2.54. The summed E-state index contributed by atoms with van der Waals surface area (Å²) in [4.78, 5) is 16.1. The molecule has 1 amide bonds. The van der Waals surface area contributed by atoms with Gasteiger partial charge in [0, 0.05) is 28.5 Å². The van der Waals surface area contributed by atoms with Crippen molar-refractivity contribution in [3.63, 3.8) is 0 Å². The highest BCUT2D eigenvalue weighted by molar-refractivity contribution is 6.30. The molecule has 0 saturated carbocycles. The lowest BCUT2D eigenvalue weighted by Gasteiger charge is -2.19. The van der Waals surface area contributed by atoms with Gasteiger partial charge in [-0.05, 0) is 50.6 Å². The number of benzene rings is 1. The average molecular weight is 371 g/mol. The molecule has 0 unspecified atom stereocenters. The quantitative estimate of drug-likeness (QED) is 0.669. The van der Waals surface area contributed by atoms with Gasteiger partial charge >= 0.3 is 6.09 Å². The maximum Gasteiger partial charge on any atom is 0.413 e. The molecule has 0 aliphatic heterocycles. The van der Waals surface area contributed by atoms with Crippen LogP contribution in [0.25, 0.3) is 22.4 Å². The van der Waals surface area contributed by atoms with Crippen LogP contribution in [0, 0.1) is 0 Å². The highest BCUT2D eigenvalue weighted by atomic mass is 35.5. The number of amides is 1. The van der Waals surface area contributed by atoms with Crippen molar-refractivity contribution in [2.24, 2.45) is 0 Å². The highest BCUT2D eigenvalue weighted by Crippen LogP contribution is 2.31. The lowest BCUT2D eigenvalue weighted by molar-refractivity contribution is 0.0635. The largest absolute Gasteiger partial charge is 0.444 e. The summed E-state index contributed by atoms with van der Waals surface area (Å²) in [5.74, 6) is 0.403. The highest BCUT2D eigenvalue weighted by Gasteiger charge is 2.17. The molecule has 134 valence electrons. The second-order valence-electron chi connectivity index (χ2n) is 6.71. The van der Waals surface area contributed by atoms with Gasteiger partial charge in [-0.3, -0.25) is 10.4 Å². The molecule has 0 aliphatic rings. The van der Waals surface area contributed by atoms with E-state index in [1.807, 2.05) is 30.3 Å². The number of H-pyrrole nitrogens is 1. The molecular weight excluding hydrogens is 352 g/mol. The van der Waals surface area contributed by atoms with E-state index in [0.29, 0.717) is 10.8 Å². The molecule has 0 atom stereocenters. The van der Waals surface area contributed by atoms with Crippen LogP contribution < -0.4 is 5.32 Å². The van der Waals surface area contributed by atoms with Crippen molar-refractivity contribution in [2.75, 3.05) is 5.32 Å². The van der Waals surface area contributed by atoms with E-state index in [9.17, 15) is 4.79 Å². The van der Waals surface area contributed by atoms with E-state index < -0.39 is 11.7 Å². The molecule has 0 radical (unpaired) electrons. The zero-order valence-electron chi connectivity index (χ0n) is 14.7. The second kappa shape index (κ2) is 7.17. The Morgan fingerprint density at radius 3 is 2.58 bits per heavy atom. The summed E-state index contributed by atoms with van der Waals surface area (Å²) >= 11 is 5.96. The second-order valence-corrected chi connectivity index (χ2v) is 7.15. The SMILES string of the molecule is CC(C)(C)OC(=O)Nc1cc(-c2c[nH]nc2-c2ccc(Cl)cc2)ccn1. The summed E-state index contributed by atoms with van der Waals surface area (Å²) in [5, 5.41) is 10.5. The van der Waals surface area contributed by atoms with E-state index >= 15 is 0 Å². The molecule has 2 N–H and O–H groups in total. The number of carbonyl (C=O) groups excluding carboxylic acids is 1. The maximum atomic E-state index is 11.9. The fraction of sp³-hybridized carbons (Fsp3) is 0.211.